The zero-order chi connectivity index (χ0) is 18.7. The van der Waals surface area contributed by atoms with Crippen LogP contribution in [-0.4, -0.2) is 17.3 Å². The monoisotopic (exact) mass is 563 g/mol. The maximum atomic E-state index is 12.5. The molecule has 3 aromatic rings. The number of thiazole rings is 1. The third-order valence-corrected chi connectivity index (χ3v) is 6.13. The number of hydrogen-bond acceptors (Lipinski definition) is 5. The molecule has 2 aromatic carbocycles. The van der Waals surface area contributed by atoms with Gasteiger partial charge in [0.05, 0.1) is 10.6 Å². The standard InChI is InChI=1S/C16H11BrIN3O3S2/c17-11-4-2-6-13(8-11)26(23,24)21-12-5-1-3-10(7-12)14-9-25-16(19-14)20-15(18)22/h1-9,21H,(H,19,20,22). The number of benzene rings is 2. The van der Waals surface area contributed by atoms with Crippen molar-refractivity contribution in [3.63, 3.8) is 0 Å². The SMILES string of the molecule is O=C(I)Nc1nc(-c2cccc(NS(=O)(=O)c3cccc(Br)c3)c2)cs1. The first-order chi connectivity index (χ1) is 12.3. The maximum Gasteiger partial charge on any atom is 0.286 e. The minimum absolute atomic E-state index is 0.165. The highest BCUT2D eigenvalue weighted by atomic mass is 127. The van der Waals surface area contributed by atoms with Gasteiger partial charge in [0, 0.05) is 43.7 Å². The molecule has 0 spiro atoms. The highest BCUT2D eigenvalue weighted by Gasteiger charge is 2.15. The number of sulfonamides is 1. The molecule has 0 aliphatic heterocycles. The molecule has 26 heavy (non-hydrogen) atoms. The maximum absolute atomic E-state index is 12.5. The summed E-state index contributed by atoms with van der Waals surface area (Å²) in [5.74, 6) is 0. The second kappa shape index (κ2) is 8.03. The number of nitrogens with one attached hydrogen (secondary N) is 2. The van der Waals surface area contributed by atoms with Gasteiger partial charge in [-0.15, -0.1) is 11.3 Å². The molecule has 1 amide bonds. The predicted molar refractivity (Wildman–Crippen MR) is 116 cm³/mol. The lowest BCUT2D eigenvalue weighted by Gasteiger charge is -2.09. The van der Waals surface area contributed by atoms with Crippen LogP contribution in [-0.2, 0) is 10.0 Å². The van der Waals surface area contributed by atoms with Crippen LogP contribution in [0.25, 0.3) is 11.3 Å². The molecule has 1 heterocycles. The second-order valence-corrected chi connectivity index (χ2v) is 9.52. The summed E-state index contributed by atoms with van der Waals surface area (Å²) < 4.78 is 28.1. The molecule has 0 saturated heterocycles. The van der Waals surface area contributed by atoms with Gasteiger partial charge in [-0.2, -0.15) is 0 Å². The number of carbonyl (C=O) groups excluding carboxylic acids is 1. The Morgan fingerprint density at radius 3 is 2.65 bits per heavy atom. The largest absolute Gasteiger partial charge is 0.293 e. The van der Waals surface area contributed by atoms with Crippen molar-refractivity contribution in [2.45, 2.75) is 4.90 Å². The Balaban J connectivity index is 1.85. The number of amides is 1. The summed E-state index contributed by atoms with van der Waals surface area (Å²) in [4.78, 5) is 15.6. The van der Waals surface area contributed by atoms with Crippen LogP contribution >= 0.6 is 49.9 Å². The topological polar surface area (TPSA) is 88.2 Å². The Kier molecular flexibility index (Phi) is 5.95. The van der Waals surface area contributed by atoms with Crippen molar-refractivity contribution in [2.24, 2.45) is 0 Å². The Morgan fingerprint density at radius 1 is 1.15 bits per heavy atom. The van der Waals surface area contributed by atoms with E-state index in [1.807, 2.05) is 6.07 Å². The molecule has 134 valence electrons. The average molecular weight is 564 g/mol. The zero-order valence-electron chi connectivity index (χ0n) is 12.9. The van der Waals surface area contributed by atoms with Crippen molar-refractivity contribution >= 4 is 74.6 Å². The molecule has 0 aliphatic rings. The van der Waals surface area contributed by atoms with Gasteiger partial charge in [0.1, 0.15) is 0 Å². The van der Waals surface area contributed by atoms with Crippen molar-refractivity contribution in [1.82, 2.24) is 4.98 Å². The predicted octanol–water partition coefficient (Wildman–Crippen LogP) is 5.34. The number of nitrogens with zero attached hydrogens (tertiary/aromatic N) is 1. The highest BCUT2D eigenvalue weighted by Crippen LogP contribution is 2.28. The number of halogens is 2. The van der Waals surface area contributed by atoms with Crippen LogP contribution < -0.4 is 10.0 Å². The van der Waals surface area contributed by atoms with Crippen molar-refractivity contribution < 1.29 is 13.2 Å². The normalized spacial score (nSPS) is 11.2. The minimum atomic E-state index is -3.70. The number of aromatic nitrogens is 1. The lowest BCUT2D eigenvalue weighted by Crippen LogP contribution is -2.12. The molecule has 0 fully saturated rings. The van der Waals surface area contributed by atoms with E-state index in [1.165, 1.54) is 23.5 Å². The average Bonchev–Trinajstić information content (AvgIpc) is 3.02. The molecule has 0 saturated carbocycles. The van der Waals surface area contributed by atoms with E-state index in [0.29, 0.717) is 21.0 Å². The molecule has 0 radical (unpaired) electrons. The molecule has 0 bridgehead atoms. The van der Waals surface area contributed by atoms with Gasteiger partial charge in [-0.25, -0.2) is 13.4 Å². The fourth-order valence-electron chi connectivity index (χ4n) is 2.14. The van der Waals surface area contributed by atoms with Gasteiger partial charge in [-0.3, -0.25) is 14.8 Å². The van der Waals surface area contributed by atoms with Crippen molar-refractivity contribution in [3.05, 3.63) is 58.4 Å². The number of rotatable bonds is 5. The van der Waals surface area contributed by atoms with Crippen LogP contribution in [0.2, 0.25) is 0 Å². The van der Waals surface area contributed by atoms with Crippen LogP contribution in [0.4, 0.5) is 15.6 Å². The molecular formula is C16H11BrIN3O3S2. The first-order valence-electron chi connectivity index (χ1n) is 7.14. The third kappa shape index (κ3) is 4.81. The molecule has 10 heteroatoms. The lowest BCUT2D eigenvalue weighted by atomic mass is 10.1. The summed E-state index contributed by atoms with van der Waals surface area (Å²) in [5, 5.41) is 4.89. The number of anilines is 2. The molecule has 0 atom stereocenters. The van der Waals surface area contributed by atoms with Gasteiger partial charge in [-0.1, -0.05) is 34.1 Å². The van der Waals surface area contributed by atoms with Gasteiger partial charge in [0.15, 0.2) is 5.13 Å². The Bertz CT molecular complexity index is 1070. The van der Waals surface area contributed by atoms with Gasteiger partial charge in [0.2, 0.25) is 0 Å². The molecule has 3 rings (SSSR count). The van der Waals surface area contributed by atoms with Crippen LogP contribution in [0.15, 0.2) is 63.3 Å². The van der Waals surface area contributed by atoms with E-state index in [9.17, 15) is 13.2 Å². The van der Waals surface area contributed by atoms with Gasteiger partial charge < -0.3 is 0 Å². The number of hydrogen-bond donors (Lipinski definition) is 2. The third-order valence-electron chi connectivity index (χ3n) is 3.23. The van der Waals surface area contributed by atoms with Crippen molar-refractivity contribution in [3.8, 4) is 11.3 Å². The van der Waals surface area contributed by atoms with E-state index < -0.39 is 10.0 Å². The second-order valence-electron chi connectivity index (χ2n) is 5.08. The Morgan fingerprint density at radius 2 is 1.92 bits per heavy atom. The van der Waals surface area contributed by atoms with E-state index in [0.717, 1.165) is 5.56 Å². The van der Waals surface area contributed by atoms with Crippen LogP contribution in [0.1, 0.15) is 0 Å². The smallest absolute Gasteiger partial charge is 0.286 e. The van der Waals surface area contributed by atoms with E-state index in [4.69, 9.17) is 0 Å². The summed E-state index contributed by atoms with van der Waals surface area (Å²) in [6, 6.07) is 13.4. The van der Waals surface area contributed by atoms with Gasteiger partial charge in [-0.05, 0) is 30.3 Å². The summed E-state index contributed by atoms with van der Waals surface area (Å²) in [7, 11) is -3.70. The van der Waals surface area contributed by atoms with E-state index in [2.05, 4.69) is 31.0 Å². The minimum Gasteiger partial charge on any atom is -0.293 e. The first-order valence-corrected chi connectivity index (χ1v) is 11.4. The van der Waals surface area contributed by atoms with Gasteiger partial charge in [0.25, 0.3) is 13.9 Å². The van der Waals surface area contributed by atoms with Crippen LogP contribution in [0, 0.1) is 0 Å². The number of carbonyl (C=O) groups is 1. The zero-order valence-corrected chi connectivity index (χ0v) is 18.3. The van der Waals surface area contributed by atoms with Crippen LogP contribution in [0.3, 0.4) is 0 Å². The van der Waals surface area contributed by atoms with Crippen molar-refractivity contribution in [1.29, 1.82) is 0 Å². The first kappa shape index (κ1) is 19.3. The summed E-state index contributed by atoms with van der Waals surface area (Å²) in [6.07, 6.45) is 0. The lowest BCUT2D eigenvalue weighted by molar-refractivity contribution is 0.272. The van der Waals surface area contributed by atoms with E-state index >= 15 is 0 Å². The fourth-order valence-corrected chi connectivity index (χ4v) is 4.94. The van der Waals surface area contributed by atoms with Gasteiger partial charge >= 0.3 is 0 Å². The molecule has 1 aromatic heterocycles. The van der Waals surface area contributed by atoms with Crippen molar-refractivity contribution in [2.75, 3.05) is 10.0 Å². The Labute approximate surface area is 176 Å². The molecule has 6 nitrogen and oxygen atoms in total. The molecule has 0 aliphatic carbocycles. The molecule has 0 unspecified atom stereocenters. The Hall–Kier alpha value is -1.50. The summed E-state index contributed by atoms with van der Waals surface area (Å²) >= 11 is 6.20. The summed E-state index contributed by atoms with van der Waals surface area (Å²) in [6.45, 7) is 0. The summed E-state index contributed by atoms with van der Waals surface area (Å²) in [5.41, 5.74) is 1.82. The van der Waals surface area contributed by atoms with E-state index in [1.54, 1.807) is 58.3 Å². The van der Waals surface area contributed by atoms with E-state index in [-0.39, 0.29) is 8.81 Å². The fraction of sp³-hybridized carbons (Fsp3) is 0. The molecule has 2 N–H and O–H groups in total. The molecular weight excluding hydrogens is 553 g/mol. The highest BCUT2D eigenvalue weighted by molar-refractivity contribution is 14.1. The van der Waals surface area contributed by atoms with Crippen LogP contribution in [0.5, 0.6) is 0 Å². The quantitative estimate of drug-likeness (QED) is 0.249.